The molecule has 2 heterocycles. The Morgan fingerprint density at radius 1 is 1.37 bits per heavy atom. The molecule has 0 spiro atoms. The summed E-state index contributed by atoms with van der Waals surface area (Å²) in [6.45, 7) is 0. The summed E-state index contributed by atoms with van der Waals surface area (Å²) in [4.78, 5) is 15.7. The number of hydrogen-bond acceptors (Lipinski definition) is 2. The van der Waals surface area contributed by atoms with Gasteiger partial charge in [0.25, 0.3) is 0 Å². The summed E-state index contributed by atoms with van der Waals surface area (Å²) in [6.07, 6.45) is 4.00. The zero-order valence-electron chi connectivity index (χ0n) is 10.2. The van der Waals surface area contributed by atoms with Gasteiger partial charge < -0.3 is 9.67 Å². The third-order valence-electron chi connectivity index (χ3n) is 3.48. The van der Waals surface area contributed by atoms with Gasteiger partial charge in [0.05, 0.1) is 0 Å². The van der Waals surface area contributed by atoms with Gasteiger partial charge in [0, 0.05) is 17.5 Å². The first kappa shape index (κ1) is 11.9. The molecule has 19 heavy (non-hydrogen) atoms. The molecule has 0 radical (unpaired) electrons. The number of aliphatic carboxylic acids is 1. The molecule has 0 bridgehead atoms. The van der Waals surface area contributed by atoms with Crippen LogP contribution in [-0.4, -0.2) is 20.6 Å². The molecule has 1 aromatic carbocycles. The van der Waals surface area contributed by atoms with Crippen LogP contribution in [0.1, 0.15) is 24.6 Å². The second-order valence-corrected chi connectivity index (χ2v) is 4.70. The summed E-state index contributed by atoms with van der Waals surface area (Å²) >= 11 is 0. The first-order chi connectivity index (χ1) is 9.16. The zero-order chi connectivity index (χ0) is 13.4. The number of aryl methyl sites for hydroxylation is 1. The Morgan fingerprint density at radius 3 is 2.79 bits per heavy atom. The fraction of sp³-hybridized carbons (Fsp3) is 0.286. The summed E-state index contributed by atoms with van der Waals surface area (Å²) in [5.74, 6) is -0.562. The van der Waals surface area contributed by atoms with E-state index in [4.69, 9.17) is 0 Å². The molecule has 0 saturated carbocycles. The SMILES string of the molecule is O=C(O)C1CCCc2cnc(-c3ccc(F)cc3)n21. The van der Waals surface area contributed by atoms with Crippen molar-refractivity contribution in [2.24, 2.45) is 0 Å². The lowest BCUT2D eigenvalue weighted by molar-refractivity contribution is -0.141. The quantitative estimate of drug-likeness (QED) is 0.903. The second-order valence-electron chi connectivity index (χ2n) is 4.70. The number of imidazole rings is 1. The Kier molecular flexibility index (Phi) is 2.81. The number of nitrogens with zero attached hydrogens (tertiary/aromatic N) is 2. The van der Waals surface area contributed by atoms with Crippen molar-refractivity contribution in [3.05, 3.63) is 42.0 Å². The van der Waals surface area contributed by atoms with Crippen LogP contribution in [0.15, 0.2) is 30.5 Å². The van der Waals surface area contributed by atoms with E-state index in [1.807, 2.05) is 0 Å². The average Bonchev–Trinajstić information content (AvgIpc) is 2.83. The van der Waals surface area contributed by atoms with Crippen molar-refractivity contribution in [1.29, 1.82) is 0 Å². The second kappa shape index (κ2) is 4.50. The van der Waals surface area contributed by atoms with Crippen molar-refractivity contribution in [2.45, 2.75) is 25.3 Å². The number of benzene rings is 1. The lowest BCUT2D eigenvalue weighted by atomic mass is 10.0. The van der Waals surface area contributed by atoms with E-state index in [1.165, 1.54) is 12.1 Å². The van der Waals surface area contributed by atoms with Gasteiger partial charge in [-0.15, -0.1) is 0 Å². The van der Waals surface area contributed by atoms with Gasteiger partial charge in [-0.05, 0) is 43.5 Å². The fourth-order valence-corrected chi connectivity index (χ4v) is 2.58. The van der Waals surface area contributed by atoms with Crippen LogP contribution in [-0.2, 0) is 11.2 Å². The van der Waals surface area contributed by atoms with Crippen LogP contribution in [0.25, 0.3) is 11.4 Å². The highest BCUT2D eigenvalue weighted by atomic mass is 19.1. The molecule has 0 saturated heterocycles. The first-order valence-corrected chi connectivity index (χ1v) is 6.21. The van der Waals surface area contributed by atoms with Crippen LogP contribution < -0.4 is 0 Å². The Hall–Kier alpha value is -2.17. The van der Waals surface area contributed by atoms with Crippen molar-refractivity contribution < 1.29 is 14.3 Å². The fourth-order valence-electron chi connectivity index (χ4n) is 2.58. The predicted octanol–water partition coefficient (Wildman–Crippen LogP) is 2.65. The van der Waals surface area contributed by atoms with E-state index in [0.29, 0.717) is 12.2 Å². The standard InChI is InChI=1S/C14H13FN2O2/c15-10-6-4-9(5-7-10)13-16-8-11-2-1-3-12(14(18)19)17(11)13/h4-8,12H,1-3H2,(H,18,19). The summed E-state index contributed by atoms with van der Waals surface area (Å²) in [7, 11) is 0. The molecule has 4 nitrogen and oxygen atoms in total. The molecule has 1 aliphatic rings. The molecule has 2 aromatic rings. The molecule has 0 amide bonds. The third-order valence-corrected chi connectivity index (χ3v) is 3.48. The Morgan fingerprint density at radius 2 is 2.11 bits per heavy atom. The van der Waals surface area contributed by atoms with Crippen LogP contribution in [0, 0.1) is 5.82 Å². The topological polar surface area (TPSA) is 55.1 Å². The van der Waals surface area contributed by atoms with Crippen molar-refractivity contribution in [3.8, 4) is 11.4 Å². The number of carboxylic acids is 1. The van der Waals surface area contributed by atoms with Gasteiger partial charge in [0.1, 0.15) is 17.7 Å². The van der Waals surface area contributed by atoms with Gasteiger partial charge in [-0.3, -0.25) is 0 Å². The maximum absolute atomic E-state index is 13.0. The predicted molar refractivity (Wildman–Crippen MR) is 67.2 cm³/mol. The lowest BCUT2D eigenvalue weighted by Gasteiger charge is -2.24. The number of carboxylic acid groups (broad SMARTS) is 1. The number of hydrogen-bond donors (Lipinski definition) is 1. The largest absolute Gasteiger partial charge is 0.480 e. The van der Waals surface area contributed by atoms with Crippen LogP contribution >= 0.6 is 0 Å². The molecule has 0 fully saturated rings. The molecular weight excluding hydrogens is 247 g/mol. The van der Waals surface area contributed by atoms with Crippen molar-refractivity contribution >= 4 is 5.97 Å². The van der Waals surface area contributed by atoms with Crippen LogP contribution in [0.5, 0.6) is 0 Å². The maximum Gasteiger partial charge on any atom is 0.326 e. The summed E-state index contributed by atoms with van der Waals surface area (Å²) in [6, 6.07) is 5.38. The van der Waals surface area contributed by atoms with Crippen molar-refractivity contribution in [1.82, 2.24) is 9.55 Å². The Balaban J connectivity index is 2.11. The molecule has 98 valence electrons. The van der Waals surface area contributed by atoms with Gasteiger partial charge in [-0.2, -0.15) is 0 Å². The van der Waals surface area contributed by atoms with Gasteiger partial charge in [0.2, 0.25) is 0 Å². The van der Waals surface area contributed by atoms with Crippen molar-refractivity contribution in [2.75, 3.05) is 0 Å². The highest BCUT2D eigenvalue weighted by Gasteiger charge is 2.28. The Labute approximate surface area is 109 Å². The number of carbonyl (C=O) groups is 1. The molecule has 3 rings (SSSR count). The van der Waals surface area contributed by atoms with E-state index >= 15 is 0 Å². The minimum absolute atomic E-state index is 0.316. The molecule has 5 heteroatoms. The highest BCUT2D eigenvalue weighted by molar-refractivity contribution is 5.73. The molecular formula is C14H13FN2O2. The average molecular weight is 260 g/mol. The smallest absolute Gasteiger partial charge is 0.326 e. The van der Waals surface area contributed by atoms with Crippen molar-refractivity contribution in [3.63, 3.8) is 0 Å². The summed E-state index contributed by atoms with van der Waals surface area (Å²) in [5.41, 5.74) is 1.67. The maximum atomic E-state index is 13.0. The van der Waals surface area contributed by atoms with E-state index in [2.05, 4.69) is 4.98 Å². The van der Waals surface area contributed by atoms with E-state index in [1.54, 1.807) is 22.9 Å². The molecule has 1 N–H and O–H groups in total. The first-order valence-electron chi connectivity index (χ1n) is 6.21. The molecule has 1 aromatic heterocycles. The van der Waals surface area contributed by atoms with E-state index in [-0.39, 0.29) is 5.82 Å². The van der Waals surface area contributed by atoms with Crippen LogP contribution in [0.2, 0.25) is 0 Å². The van der Waals surface area contributed by atoms with Gasteiger partial charge in [-0.25, -0.2) is 14.2 Å². The van der Waals surface area contributed by atoms with E-state index < -0.39 is 12.0 Å². The molecule has 1 atom stereocenters. The van der Waals surface area contributed by atoms with E-state index in [0.717, 1.165) is 24.1 Å². The van der Waals surface area contributed by atoms with E-state index in [9.17, 15) is 14.3 Å². The van der Waals surface area contributed by atoms with Gasteiger partial charge in [-0.1, -0.05) is 0 Å². The molecule has 0 aliphatic carbocycles. The monoisotopic (exact) mass is 260 g/mol. The normalized spacial score (nSPS) is 18.1. The lowest BCUT2D eigenvalue weighted by Crippen LogP contribution is -2.25. The minimum Gasteiger partial charge on any atom is -0.480 e. The molecule has 1 aliphatic heterocycles. The van der Waals surface area contributed by atoms with Gasteiger partial charge in [0.15, 0.2) is 0 Å². The highest BCUT2D eigenvalue weighted by Crippen LogP contribution is 2.31. The van der Waals surface area contributed by atoms with Crippen LogP contribution in [0.4, 0.5) is 4.39 Å². The zero-order valence-corrected chi connectivity index (χ0v) is 10.2. The third kappa shape index (κ3) is 2.01. The summed E-state index contributed by atoms with van der Waals surface area (Å²) in [5, 5.41) is 9.31. The van der Waals surface area contributed by atoms with Gasteiger partial charge >= 0.3 is 5.97 Å². The number of fused-ring (bicyclic) bond motifs is 1. The minimum atomic E-state index is -0.845. The van der Waals surface area contributed by atoms with Crippen LogP contribution in [0.3, 0.4) is 0 Å². The number of aromatic nitrogens is 2. The number of halogens is 1. The molecule has 1 unspecified atom stereocenters. The summed E-state index contributed by atoms with van der Waals surface area (Å²) < 4.78 is 14.7. The Bertz CT molecular complexity index is 619. The number of rotatable bonds is 2.